The van der Waals surface area contributed by atoms with Gasteiger partial charge in [-0.25, -0.2) is 9.59 Å². The van der Waals surface area contributed by atoms with E-state index in [0.29, 0.717) is 5.69 Å². The predicted molar refractivity (Wildman–Crippen MR) is 75.1 cm³/mol. The van der Waals surface area contributed by atoms with Gasteiger partial charge in [0.05, 0.1) is 25.3 Å². The average molecular weight is 304 g/mol. The van der Waals surface area contributed by atoms with Crippen LogP contribution in [0.2, 0.25) is 0 Å². The molecular weight excluding hydrogens is 292 g/mol. The lowest BCUT2D eigenvalue weighted by molar-refractivity contribution is 0.0599. The van der Waals surface area contributed by atoms with Crippen molar-refractivity contribution in [3.8, 4) is 0 Å². The molecular formula is C13H12N4O5. The molecule has 0 aliphatic carbocycles. The number of ether oxygens (including phenoxy) is 2. The summed E-state index contributed by atoms with van der Waals surface area (Å²) in [5.74, 6) is -1.19. The van der Waals surface area contributed by atoms with Crippen LogP contribution in [0.1, 0.15) is 20.7 Å². The molecule has 0 aliphatic rings. The Morgan fingerprint density at radius 1 is 1.09 bits per heavy atom. The molecule has 1 heterocycles. The molecule has 1 aromatic carbocycles. The number of benzene rings is 1. The summed E-state index contributed by atoms with van der Waals surface area (Å²) in [4.78, 5) is 36.9. The fourth-order valence-electron chi connectivity index (χ4n) is 1.68. The SMILES string of the molecule is COC(=O)c1cc(Nc2nncc(=O)[nH]2)cc(C(=O)OC)c1. The lowest BCUT2D eigenvalue weighted by Crippen LogP contribution is -2.12. The molecule has 9 nitrogen and oxygen atoms in total. The summed E-state index contributed by atoms with van der Waals surface area (Å²) in [5, 5.41) is 9.90. The number of methoxy groups -OCH3 is 2. The molecule has 0 atom stereocenters. The van der Waals surface area contributed by atoms with E-state index in [-0.39, 0.29) is 17.1 Å². The third-order valence-corrected chi connectivity index (χ3v) is 2.61. The molecule has 22 heavy (non-hydrogen) atoms. The molecule has 1 aromatic heterocycles. The monoisotopic (exact) mass is 304 g/mol. The maximum Gasteiger partial charge on any atom is 0.337 e. The van der Waals surface area contributed by atoms with E-state index in [9.17, 15) is 14.4 Å². The van der Waals surface area contributed by atoms with Crippen LogP contribution < -0.4 is 10.9 Å². The molecule has 2 aromatic rings. The van der Waals surface area contributed by atoms with Crippen molar-refractivity contribution in [2.24, 2.45) is 0 Å². The Labute approximate surface area is 124 Å². The summed E-state index contributed by atoms with van der Waals surface area (Å²) in [6, 6.07) is 4.21. The first-order chi connectivity index (χ1) is 10.5. The second-order valence-corrected chi connectivity index (χ2v) is 4.09. The summed E-state index contributed by atoms with van der Waals surface area (Å²) < 4.78 is 9.25. The van der Waals surface area contributed by atoms with Crippen LogP contribution in [0.25, 0.3) is 0 Å². The van der Waals surface area contributed by atoms with Gasteiger partial charge in [0.2, 0.25) is 5.95 Å². The standard InChI is InChI=1S/C13H12N4O5/c1-21-11(19)7-3-8(12(20)22-2)5-9(4-7)15-13-16-10(18)6-14-17-13/h3-6H,1-2H3,(H2,15,16,17,18). The van der Waals surface area contributed by atoms with Gasteiger partial charge in [-0.15, -0.1) is 10.2 Å². The van der Waals surface area contributed by atoms with Gasteiger partial charge in [-0.2, -0.15) is 0 Å². The molecule has 0 bridgehead atoms. The zero-order chi connectivity index (χ0) is 16.1. The number of carbonyl (C=O) groups is 2. The highest BCUT2D eigenvalue weighted by Crippen LogP contribution is 2.19. The Morgan fingerprint density at radius 3 is 2.18 bits per heavy atom. The lowest BCUT2D eigenvalue weighted by Gasteiger charge is -2.09. The number of H-pyrrole nitrogens is 1. The van der Waals surface area contributed by atoms with Crippen molar-refractivity contribution in [1.82, 2.24) is 15.2 Å². The molecule has 2 N–H and O–H groups in total. The minimum absolute atomic E-state index is 0.0605. The van der Waals surface area contributed by atoms with Crippen molar-refractivity contribution in [1.29, 1.82) is 0 Å². The summed E-state index contributed by atoms with van der Waals surface area (Å²) in [7, 11) is 2.45. The minimum Gasteiger partial charge on any atom is -0.465 e. The molecule has 0 saturated heterocycles. The topological polar surface area (TPSA) is 123 Å². The maximum atomic E-state index is 11.6. The number of carbonyl (C=O) groups excluding carboxylic acids is 2. The average Bonchev–Trinajstić information content (AvgIpc) is 2.53. The van der Waals surface area contributed by atoms with Crippen molar-refractivity contribution in [3.05, 3.63) is 45.9 Å². The third kappa shape index (κ3) is 3.45. The molecule has 0 radical (unpaired) electrons. The molecule has 114 valence electrons. The van der Waals surface area contributed by atoms with Crippen LogP contribution in [0.3, 0.4) is 0 Å². The Morgan fingerprint density at radius 2 is 1.68 bits per heavy atom. The van der Waals surface area contributed by atoms with Crippen LogP contribution in [-0.4, -0.2) is 41.3 Å². The Bertz CT molecular complexity index is 737. The molecule has 0 fully saturated rings. The molecule has 0 spiro atoms. The number of nitrogens with zero attached hydrogens (tertiary/aromatic N) is 2. The van der Waals surface area contributed by atoms with E-state index in [1.807, 2.05) is 0 Å². The Balaban J connectivity index is 2.43. The fraction of sp³-hybridized carbons (Fsp3) is 0.154. The van der Waals surface area contributed by atoms with Crippen LogP contribution in [0.15, 0.2) is 29.2 Å². The van der Waals surface area contributed by atoms with Crippen molar-refractivity contribution in [2.45, 2.75) is 0 Å². The van der Waals surface area contributed by atoms with Crippen molar-refractivity contribution < 1.29 is 19.1 Å². The highest BCUT2D eigenvalue weighted by atomic mass is 16.5. The van der Waals surface area contributed by atoms with E-state index >= 15 is 0 Å². The first kappa shape index (κ1) is 15.2. The van der Waals surface area contributed by atoms with Gasteiger partial charge in [0, 0.05) is 5.69 Å². The number of rotatable bonds is 4. The van der Waals surface area contributed by atoms with Gasteiger partial charge < -0.3 is 14.8 Å². The van der Waals surface area contributed by atoms with E-state index in [4.69, 9.17) is 0 Å². The summed E-state index contributed by atoms with van der Waals surface area (Å²) in [5.41, 5.74) is 0.160. The van der Waals surface area contributed by atoms with Gasteiger partial charge in [-0.3, -0.25) is 9.78 Å². The lowest BCUT2D eigenvalue weighted by atomic mass is 10.1. The van der Waals surface area contributed by atoms with Crippen LogP contribution in [0.4, 0.5) is 11.6 Å². The quantitative estimate of drug-likeness (QED) is 0.782. The van der Waals surface area contributed by atoms with Crippen molar-refractivity contribution >= 4 is 23.6 Å². The van der Waals surface area contributed by atoms with Crippen LogP contribution >= 0.6 is 0 Å². The normalized spacial score (nSPS) is 9.91. The van der Waals surface area contributed by atoms with Gasteiger partial charge in [0.15, 0.2) is 0 Å². The fourth-order valence-corrected chi connectivity index (χ4v) is 1.68. The number of anilines is 2. The number of aromatic amines is 1. The summed E-state index contributed by atoms with van der Waals surface area (Å²) in [6.07, 6.45) is 1.01. The van der Waals surface area contributed by atoms with Crippen LogP contribution in [0, 0.1) is 0 Å². The third-order valence-electron chi connectivity index (χ3n) is 2.61. The predicted octanol–water partition coefficient (Wildman–Crippen LogP) is 0.482. The Kier molecular flexibility index (Phi) is 4.47. The smallest absolute Gasteiger partial charge is 0.337 e. The molecule has 2 rings (SSSR count). The van der Waals surface area contributed by atoms with Gasteiger partial charge in [-0.05, 0) is 18.2 Å². The van der Waals surface area contributed by atoms with E-state index < -0.39 is 17.5 Å². The highest BCUT2D eigenvalue weighted by molar-refractivity contribution is 5.97. The second kappa shape index (κ2) is 6.48. The molecule has 9 heteroatoms. The van der Waals surface area contributed by atoms with Crippen LogP contribution in [0.5, 0.6) is 0 Å². The van der Waals surface area contributed by atoms with Crippen molar-refractivity contribution in [3.63, 3.8) is 0 Å². The summed E-state index contributed by atoms with van der Waals surface area (Å²) in [6.45, 7) is 0. The van der Waals surface area contributed by atoms with Gasteiger partial charge in [-0.1, -0.05) is 0 Å². The molecule has 0 unspecified atom stereocenters. The second-order valence-electron chi connectivity index (χ2n) is 4.09. The zero-order valence-corrected chi connectivity index (χ0v) is 11.7. The van der Waals surface area contributed by atoms with Crippen molar-refractivity contribution in [2.75, 3.05) is 19.5 Å². The number of aromatic nitrogens is 3. The highest BCUT2D eigenvalue weighted by Gasteiger charge is 2.14. The maximum absolute atomic E-state index is 11.6. The Hall–Kier alpha value is -3.23. The number of hydrogen-bond acceptors (Lipinski definition) is 8. The van der Waals surface area contributed by atoms with Gasteiger partial charge >= 0.3 is 11.9 Å². The first-order valence-electron chi connectivity index (χ1n) is 6.04. The van der Waals surface area contributed by atoms with Crippen LogP contribution in [-0.2, 0) is 9.47 Å². The van der Waals surface area contributed by atoms with Gasteiger partial charge in [0.25, 0.3) is 5.56 Å². The zero-order valence-electron chi connectivity index (χ0n) is 11.7. The molecule has 0 saturated carbocycles. The summed E-state index contributed by atoms with van der Waals surface area (Å²) >= 11 is 0. The molecule has 0 amide bonds. The first-order valence-corrected chi connectivity index (χ1v) is 6.04. The number of esters is 2. The largest absolute Gasteiger partial charge is 0.465 e. The van der Waals surface area contributed by atoms with E-state index in [0.717, 1.165) is 6.20 Å². The van der Waals surface area contributed by atoms with Gasteiger partial charge in [0.1, 0.15) is 6.20 Å². The van der Waals surface area contributed by atoms with E-state index in [2.05, 4.69) is 30.0 Å². The molecule has 0 aliphatic heterocycles. The van der Waals surface area contributed by atoms with E-state index in [1.165, 1.54) is 32.4 Å². The minimum atomic E-state index is -0.624. The number of nitrogens with one attached hydrogen (secondary N) is 2. The van der Waals surface area contributed by atoms with E-state index in [1.54, 1.807) is 0 Å². The number of hydrogen-bond donors (Lipinski definition) is 2.